The third-order valence-corrected chi connectivity index (χ3v) is 5.72. The summed E-state index contributed by atoms with van der Waals surface area (Å²) in [5, 5.41) is 5.24. The van der Waals surface area contributed by atoms with Crippen molar-refractivity contribution in [3.8, 4) is 0 Å². The molecule has 94 valence electrons. The Balaban J connectivity index is 2.02. The zero-order valence-corrected chi connectivity index (χ0v) is 11.4. The molecule has 1 aliphatic rings. The zero-order chi connectivity index (χ0) is 12.5. The number of rotatable bonds is 3. The largest absolute Gasteiger partial charge is 0.312 e. The van der Waals surface area contributed by atoms with E-state index in [0.717, 1.165) is 0 Å². The van der Waals surface area contributed by atoms with E-state index in [1.165, 1.54) is 11.3 Å². The van der Waals surface area contributed by atoms with Gasteiger partial charge in [-0.15, -0.1) is 11.3 Å². The molecule has 4 nitrogen and oxygen atoms in total. The number of thiophene rings is 1. The Bertz CT molecular complexity index is 523. The van der Waals surface area contributed by atoms with Crippen molar-refractivity contribution in [1.29, 1.82) is 0 Å². The minimum Gasteiger partial charge on any atom is -0.312 e. The van der Waals surface area contributed by atoms with E-state index >= 15 is 0 Å². The molecule has 0 amide bonds. The highest BCUT2D eigenvalue weighted by Gasteiger charge is 2.27. The van der Waals surface area contributed by atoms with Crippen LogP contribution in [0.15, 0.2) is 11.4 Å². The van der Waals surface area contributed by atoms with Gasteiger partial charge < -0.3 is 5.32 Å². The van der Waals surface area contributed by atoms with E-state index in [1.807, 2.05) is 0 Å². The van der Waals surface area contributed by atoms with Crippen LogP contribution in [0.25, 0.3) is 0 Å². The normalized spacial score (nSPS) is 23.5. The van der Waals surface area contributed by atoms with Crippen LogP contribution in [0.5, 0.6) is 0 Å². The van der Waals surface area contributed by atoms with Gasteiger partial charge in [-0.2, -0.15) is 0 Å². The maximum atomic E-state index is 11.9. The number of nitrogens with one attached hydrogen (secondary N) is 1. The van der Waals surface area contributed by atoms with E-state index in [-0.39, 0.29) is 29.8 Å². The summed E-state index contributed by atoms with van der Waals surface area (Å²) in [7, 11) is -3.00. The molecule has 17 heavy (non-hydrogen) atoms. The highest BCUT2D eigenvalue weighted by Crippen LogP contribution is 2.24. The van der Waals surface area contributed by atoms with Gasteiger partial charge in [-0.3, -0.25) is 4.79 Å². The number of hydrogen-bond donors (Lipinski definition) is 1. The second-order valence-corrected chi connectivity index (χ2v) is 7.54. The van der Waals surface area contributed by atoms with Crippen LogP contribution in [0.4, 0.5) is 0 Å². The van der Waals surface area contributed by atoms with Crippen LogP contribution in [0.3, 0.4) is 0 Å². The molecule has 1 aromatic heterocycles. The molecule has 2 heterocycles. The highest BCUT2D eigenvalue weighted by atomic mass is 35.5. The first kappa shape index (κ1) is 13.0. The Morgan fingerprint density at radius 2 is 2.35 bits per heavy atom. The highest BCUT2D eigenvalue weighted by molar-refractivity contribution is 7.91. The molecule has 7 heteroatoms. The van der Waals surface area contributed by atoms with Gasteiger partial charge in [0.05, 0.1) is 21.4 Å². The van der Waals surface area contributed by atoms with Crippen LogP contribution in [0.1, 0.15) is 16.1 Å². The standard InChI is InChI=1S/C10H12ClNO3S2/c11-8-1-3-16-10(8)9(13)5-7-6-17(14,15)4-2-12-7/h1,3,7,12H,2,4-6H2. The van der Waals surface area contributed by atoms with E-state index in [4.69, 9.17) is 11.6 Å². The van der Waals surface area contributed by atoms with Crippen LogP contribution < -0.4 is 5.32 Å². The van der Waals surface area contributed by atoms with E-state index < -0.39 is 9.84 Å². The number of ketones is 1. The molecule has 1 N–H and O–H groups in total. The predicted molar refractivity (Wildman–Crippen MR) is 68.7 cm³/mol. The molecule has 1 fully saturated rings. The van der Waals surface area contributed by atoms with Gasteiger partial charge in [0.1, 0.15) is 0 Å². The predicted octanol–water partition coefficient (Wildman–Crippen LogP) is 1.36. The lowest BCUT2D eigenvalue weighted by molar-refractivity contribution is 0.0976. The van der Waals surface area contributed by atoms with Crippen LogP contribution in [-0.2, 0) is 9.84 Å². The number of hydrogen-bond acceptors (Lipinski definition) is 5. The number of halogens is 1. The van der Waals surface area contributed by atoms with Crippen molar-refractivity contribution in [3.05, 3.63) is 21.3 Å². The lowest BCUT2D eigenvalue weighted by Crippen LogP contribution is -2.45. The quantitative estimate of drug-likeness (QED) is 0.855. The van der Waals surface area contributed by atoms with Gasteiger partial charge in [-0.25, -0.2) is 8.42 Å². The summed E-state index contributed by atoms with van der Waals surface area (Å²) < 4.78 is 22.8. The SMILES string of the molecule is O=C(CC1CS(=O)(=O)CCN1)c1sccc1Cl. The summed E-state index contributed by atoms with van der Waals surface area (Å²) in [6, 6.07) is 1.38. The first-order valence-corrected chi connectivity index (χ1v) is 8.26. The summed E-state index contributed by atoms with van der Waals surface area (Å²) in [6.45, 7) is 0.415. The summed E-state index contributed by atoms with van der Waals surface area (Å²) >= 11 is 7.15. The molecule has 0 aliphatic carbocycles. The van der Waals surface area contributed by atoms with Gasteiger partial charge in [0, 0.05) is 19.0 Å². The van der Waals surface area contributed by atoms with Crippen LogP contribution >= 0.6 is 22.9 Å². The van der Waals surface area contributed by atoms with Crippen LogP contribution in [0, 0.1) is 0 Å². The summed E-state index contributed by atoms with van der Waals surface area (Å²) in [4.78, 5) is 12.4. The van der Waals surface area contributed by atoms with Gasteiger partial charge in [0.25, 0.3) is 0 Å². The fourth-order valence-corrected chi connectivity index (χ4v) is 4.36. The molecule has 0 bridgehead atoms. The van der Waals surface area contributed by atoms with Crippen LogP contribution in [0.2, 0.25) is 5.02 Å². The van der Waals surface area contributed by atoms with Crippen molar-refractivity contribution in [2.75, 3.05) is 18.1 Å². The van der Waals surface area contributed by atoms with Crippen molar-refractivity contribution < 1.29 is 13.2 Å². The third-order valence-electron chi connectivity index (χ3n) is 2.60. The third kappa shape index (κ3) is 3.28. The molecular weight excluding hydrogens is 282 g/mol. The van der Waals surface area contributed by atoms with E-state index in [2.05, 4.69) is 5.32 Å². The van der Waals surface area contributed by atoms with E-state index in [0.29, 0.717) is 16.4 Å². The molecular formula is C10H12ClNO3S2. The van der Waals surface area contributed by atoms with Crippen molar-refractivity contribution in [3.63, 3.8) is 0 Å². The Morgan fingerprint density at radius 3 is 2.94 bits per heavy atom. The van der Waals surface area contributed by atoms with Gasteiger partial charge in [0.15, 0.2) is 15.6 Å². The Morgan fingerprint density at radius 1 is 1.59 bits per heavy atom. The maximum Gasteiger partial charge on any atom is 0.175 e. The topological polar surface area (TPSA) is 63.2 Å². The molecule has 1 unspecified atom stereocenters. The van der Waals surface area contributed by atoms with Gasteiger partial charge in [0.2, 0.25) is 0 Å². The maximum absolute atomic E-state index is 11.9. The van der Waals surface area contributed by atoms with E-state index in [9.17, 15) is 13.2 Å². The van der Waals surface area contributed by atoms with Crippen LogP contribution in [-0.4, -0.2) is 38.3 Å². The Hall–Kier alpha value is -0.430. The van der Waals surface area contributed by atoms with Gasteiger partial charge in [-0.1, -0.05) is 11.6 Å². The molecule has 1 atom stereocenters. The molecule has 0 spiro atoms. The molecule has 1 aliphatic heterocycles. The summed E-state index contributed by atoms with van der Waals surface area (Å²) in [5.41, 5.74) is 0. The lowest BCUT2D eigenvalue weighted by Gasteiger charge is -2.22. The minimum atomic E-state index is -3.00. The zero-order valence-electron chi connectivity index (χ0n) is 8.98. The monoisotopic (exact) mass is 293 g/mol. The number of carbonyl (C=O) groups is 1. The number of sulfone groups is 1. The number of Topliss-reactive ketones (excluding diaryl/α,β-unsaturated/α-hetero) is 1. The van der Waals surface area contributed by atoms with Crippen molar-refractivity contribution in [2.24, 2.45) is 0 Å². The van der Waals surface area contributed by atoms with Crippen molar-refractivity contribution >= 4 is 38.6 Å². The second kappa shape index (κ2) is 5.06. The fraction of sp³-hybridized carbons (Fsp3) is 0.500. The molecule has 0 saturated carbocycles. The van der Waals surface area contributed by atoms with Crippen molar-refractivity contribution in [1.82, 2.24) is 5.32 Å². The summed E-state index contributed by atoms with van der Waals surface area (Å²) in [5.74, 6) is 0.0822. The molecule has 0 radical (unpaired) electrons. The average molecular weight is 294 g/mol. The molecule has 2 rings (SSSR count). The van der Waals surface area contributed by atoms with Crippen molar-refractivity contribution in [2.45, 2.75) is 12.5 Å². The van der Waals surface area contributed by atoms with E-state index in [1.54, 1.807) is 11.4 Å². The molecule has 0 aromatic carbocycles. The molecule has 1 aromatic rings. The average Bonchev–Trinajstić information content (AvgIpc) is 2.62. The van der Waals surface area contributed by atoms with Gasteiger partial charge >= 0.3 is 0 Å². The smallest absolute Gasteiger partial charge is 0.175 e. The Labute approximate surface area is 109 Å². The first-order valence-electron chi connectivity index (χ1n) is 5.18. The lowest BCUT2D eigenvalue weighted by atomic mass is 10.1. The fourth-order valence-electron chi connectivity index (χ4n) is 1.81. The van der Waals surface area contributed by atoms with Gasteiger partial charge in [-0.05, 0) is 11.4 Å². The second-order valence-electron chi connectivity index (χ2n) is 3.99. The minimum absolute atomic E-state index is 0.0295. The number of carbonyl (C=O) groups excluding carboxylic acids is 1. The molecule has 1 saturated heterocycles. The first-order chi connectivity index (χ1) is 7.98. The Kier molecular flexibility index (Phi) is 3.87. The summed E-state index contributed by atoms with van der Waals surface area (Å²) in [6.07, 6.45) is 0.180.